The minimum atomic E-state index is -0.438. The SMILES string of the molecule is CCCCCCc1cc(C)cc(C2(C)c3cc(N(c4ccc(Br)cc4)c4c(C)cc(C)cc4C)ccc3-c3ccc(N(c4ccc(Br)cc4)c4c(C)cc(C)cc4C)cc32)c1. The van der Waals surface area contributed by atoms with Gasteiger partial charge in [0.15, 0.2) is 0 Å². The first-order valence-corrected chi connectivity index (χ1v) is 23.5. The van der Waals surface area contributed by atoms with Crippen LogP contribution in [0.4, 0.5) is 34.1 Å². The molecule has 0 aliphatic heterocycles. The predicted molar refractivity (Wildman–Crippen MR) is 270 cm³/mol. The molecule has 1 aliphatic rings. The minimum absolute atomic E-state index is 0.438. The highest BCUT2D eigenvalue weighted by Crippen LogP contribution is 2.56. The van der Waals surface area contributed by atoms with E-state index in [1.54, 1.807) is 0 Å². The Balaban J connectivity index is 1.38. The Morgan fingerprint density at radius 3 is 1.28 bits per heavy atom. The van der Waals surface area contributed by atoms with Crippen molar-refractivity contribution in [2.24, 2.45) is 0 Å². The lowest BCUT2D eigenvalue weighted by molar-refractivity contribution is 0.663. The molecule has 0 unspecified atom stereocenters. The zero-order valence-corrected chi connectivity index (χ0v) is 40.5. The molecule has 0 heterocycles. The van der Waals surface area contributed by atoms with Crippen molar-refractivity contribution in [3.8, 4) is 11.1 Å². The molecule has 0 bridgehead atoms. The van der Waals surface area contributed by atoms with Crippen molar-refractivity contribution in [2.45, 2.75) is 99.8 Å². The van der Waals surface area contributed by atoms with Crippen LogP contribution in [0.15, 0.2) is 136 Å². The number of hydrogen-bond donors (Lipinski definition) is 0. The Labute approximate surface area is 381 Å². The molecule has 0 radical (unpaired) electrons. The van der Waals surface area contributed by atoms with Gasteiger partial charge in [0, 0.05) is 37.1 Å². The van der Waals surface area contributed by atoms with Crippen LogP contribution in [0.1, 0.15) is 101 Å². The van der Waals surface area contributed by atoms with E-state index in [-0.39, 0.29) is 0 Å². The van der Waals surface area contributed by atoms with Crippen LogP contribution in [0, 0.1) is 48.5 Å². The smallest absolute Gasteiger partial charge is 0.0520 e. The molecule has 0 aromatic heterocycles. The van der Waals surface area contributed by atoms with Gasteiger partial charge in [0.2, 0.25) is 0 Å². The molecule has 7 aromatic rings. The number of unbranched alkanes of at least 4 members (excludes halogenated alkanes) is 3. The van der Waals surface area contributed by atoms with Gasteiger partial charge >= 0.3 is 0 Å². The highest BCUT2D eigenvalue weighted by Gasteiger charge is 2.42. The van der Waals surface area contributed by atoms with Crippen molar-refractivity contribution in [2.75, 3.05) is 9.80 Å². The molecule has 8 rings (SSSR count). The molecule has 61 heavy (non-hydrogen) atoms. The molecule has 0 amide bonds. The van der Waals surface area contributed by atoms with E-state index in [0.29, 0.717) is 0 Å². The van der Waals surface area contributed by atoms with Crippen molar-refractivity contribution in [3.63, 3.8) is 0 Å². The fourth-order valence-corrected chi connectivity index (χ4v) is 10.7. The van der Waals surface area contributed by atoms with E-state index in [1.807, 2.05) is 0 Å². The van der Waals surface area contributed by atoms with E-state index in [1.165, 1.54) is 109 Å². The van der Waals surface area contributed by atoms with Gasteiger partial charge in [-0.25, -0.2) is 0 Å². The monoisotopic (exact) mass is 928 g/mol. The maximum absolute atomic E-state index is 3.71. The maximum atomic E-state index is 3.71. The Morgan fingerprint density at radius 1 is 0.443 bits per heavy atom. The van der Waals surface area contributed by atoms with Crippen LogP contribution in [0.25, 0.3) is 11.1 Å². The molecule has 0 spiro atoms. The Hall–Kier alpha value is -4.90. The summed E-state index contributed by atoms with van der Waals surface area (Å²) >= 11 is 7.43. The molecule has 4 heteroatoms. The Kier molecular flexibility index (Phi) is 12.2. The second kappa shape index (κ2) is 17.5. The van der Waals surface area contributed by atoms with Crippen LogP contribution in [0.5, 0.6) is 0 Å². The van der Waals surface area contributed by atoms with Gasteiger partial charge in [0.05, 0.1) is 11.4 Å². The molecule has 0 saturated heterocycles. The van der Waals surface area contributed by atoms with Crippen LogP contribution in [0.2, 0.25) is 0 Å². The second-order valence-corrected chi connectivity index (χ2v) is 19.6. The van der Waals surface area contributed by atoms with Crippen LogP contribution < -0.4 is 9.80 Å². The summed E-state index contributed by atoms with van der Waals surface area (Å²) in [5.74, 6) is 0. The van der Waals surface area contributed by atoms with Crippen LogP contribution >= 0.6 is 31.9 Å². The fraction of sp³-hybridized carbons (Fsp3) is 0.263. The minimum Gasteiger partial charge on any atom is -0.310 e. The lowest BCUT2D eigenvalue weighted by Crippen LogP contribution is -2.24. The van der Waals surface area contributed by atoms with Gasteiger partial charge in [0.1, 0.15) is 0 Å². The van der Waals surface area contributed by atoms with E-state index in [4.69, 9.17) is 0 Å². The molecular formula is C57H58Br2N2. The van der Waals surface area contributed by atoms with Crippen LogP contribution in [0.3, 0.4) is 0 Å². The molecule has 7 aromatic carbocycles. The Morgan fingerprint density at radius 2 is 0.852 bits per heavy atom. The first kappa shape index (κ1) is 42.8. The average molecular weight is 931 g/mol. The highest BCUT2D eigenvalue weighted by molar-refractivity contribution is 9.10. The molecule has 1 aliphatic carbocycles. The van der Waals surface area contributed by atoms with Crippen molar-refractivity contribution in [1.82, 2.24) is 0 Å². The molecule has 0 atom stereocenters. The normalized spacial score (nSPS) is 12.6. The fourth-order valence-electron chi connectivity index (χ4n) is 10.2. The van der Waals surface area contributed by atoms with Gasteiger partial charge in [0.25, 0.3) is 0 Å². The van der Waals surface area contributed by atoms with Gasteiger partial charge < -0.3 is 9.80 Å². The third-order valence-corrected chi connectivity index (χ3v) is 13.9. The van der Waals surface area contributed by atoms with Crippen LogP contribution in [-0.2, 0) is 11.8 Å². The molecule has 0 N–H and O–H groups in total. The lowest BCUT2D eigenvalue weighted by Gasteiger charge is -2.33. The topological polar surface area (TPSA) is 6.48 Å². The number of nitrogens with zero attached hydrogens (tertiary/aromatic N) is 2. The van der Waals surface area contributed by atoms with Gasteiger partial charge in [-0.15, -0.1) is 0 Å². The largest absolute Gasteiger partial charge is 0.310 e. The second-order valence-electron chi connectivity index (χ2n) is 17.7. The number of hydrogen-bond acceptors (Lipinski definition) is 2. The lowest BCUT2D eigenvalue weighted by atomic mass is 9.73. The highest BCUT2D eigenvalue weighted by atomic mass is 79.9. The molecule has 0 fully saturated rings. The maximum Gasteiger partial charge on any atom is 0.0520 e. The summed E-state index contributed by atoms with van der Waals surface area (Å²) in [7, 11) is 0. The Bertz CT molecular complexity index is 2540. The predicted octanol–water partition coefficient (Wildman–Crippen LogP) is 17.8. The summed E-state index contributed by atoms with van der Waals surface area (Å²) in [6.45, 7) is 20.4. The molecule has 0 saturated carbocycles. The number of fused-ring (bicyclic) bond motifs is 3. The number of benzene rings is 7. The molecule has 310 valence electrons. The zero-order chi connectivity index (χ0) is 43.2. The number of halogens is 2. The summed E-state index contributed by atoms with van der Waals surface area (Å²) < 4.78 is 2.14. The number of aryl methyl sites for hydroxylation is 8. The third kappa shape index (κ3) is 8.27. The average Bonchev–Trinajstić information content (AvgIpc) is 3.47. The van der Waals surface area contributed by atoms with Crippen molar-refractivity contribution in [1.29, 1.82) is 0 Å². The summed E-state index contributed by atoms with van der Waals surface area (Å²) in [6.07, 6.45) is 6.10. The van der Waals surface area contributed by atoms with Crippen molar-refractivity contribution >= 4 is 66.0 Å². The number of anilines is 6. The van der Waals surface area contributed by atoms with E-state index in [2.05, 4.69) is 231 Å². The molecular weight excluding hydrogens is 872 g/mol. The van der Waals surface area contributed by atoms with Crippen LogP contribution in [-0.4, -0.2) is 0 Å². The first-order valence-electron chi connectivity index (χ1n) is 21.9. The van der Waals surface area contributed by atoms with E-state index >= 15 is 0 Å². The number of rotatable bonds is 12. The summed E-state index contributed by atoms with van der Waals surface area (Å²) in [4.78, 5) is 4.94. The standard InChI is InChI=1S/C57H58Br2N2/c1-10-11-12-13-14-43-31-38(4)32-44(33-43)57(9)53-34-49(60(47-19-15-45(58)16-20-47)55-39(5)27-36(2)28-40(55)6)23-25-51(53)52-26-24-50(35-54(52)57)61(48-21-17-46(59)18-22-48)56-41(7)29-37(3)30-42(56)8/h15-35H,10-14H2,1-9H3. The van der Waals surface area contributed by atoms with E-state index in [0.717, 1.165) is 38.1 Å². The third-order valence-electron chi connectivity index (χ3n) is 12.8. The van der Waals surface area contributed by atoms with Gasteiger partial charge in [-0.2, -0.15) is 0 Å². The first-order chi connectivity index (χ1) is 29.3. The van der Waals surface area contributed by atoms with Gasteiger partial charge in [-0.05, 0) is 197 Å². The van der Waals surface area contributed by atoms with Crippen molar-refractivity contribution < 1.29 is 0 Å². The van der Waals surface area contributed by atoms with Gasteiger partial charge in [-0.1, -0.05) is 129 Å². The summed E-state index contributed by atoms with van der Waals surface area (Å²) in [5.41, 5.74) is 23.6. The van der Waals surface area contributed by atoms with E-state index < -0.39 is 5.41 Å². The van der Waals surface area contributed by atoms with Gasteiger partial charge in [-0.3, -0.25) is 0 Å². The van der Waals surface area contributed by atoms with E-state index in [9.17, 15) is 0 Å². The van der Waals surface area contributed by atoms with Crippen molar-refractivity contribution in [3.05, 3.63) is 198 Å². The summed E-state index contributed by atoms with van der Waals surface area (Å²) in [5, 5.41) is 0. The summed E-state index contributed by atoms with van der Waals surface area (Å²) in [6, 6.07) is 48.6. The molecule has 2 nitrogen and oxygen atoms in total. The zero-order valence-electron chi connectivity index (χ0n) is 37.3. The quantitative estimate of drug-likeness (QED) is 0.113.